The molecule has 1 saturated heterocycles. The third-order valence-corrected chi connectivity index (χ3v) is 5.98. The summed E-state index contributed by atoms with van der Waals surface area (Å²) in [5, 5.41) is 0.821. The summed E-state index contributed by atoms with van der Waals surface area (Å²) in [7, 11) is 0. The first-order chi connectivity index (χ1) is 13.2. The highest BCUT2D eigenvalue weighted by Gasteiger charge is 2.31. The van der Waals surface area contributed by atoms with E-state index in [1.807, 2.05) is 17.9 Å². The van der Waals surface area contributed by atoms with E-state index in [9.17, 15) is 4.79 Å². The van der Waals surface area contributed by atoms with Gasteiger partial charge in [0.1, 0.15) is 0 Å². The van der Waals surface area contributed by atoms with Crippen molar-refractivity contribution in [2.45, 2.75) is 39.0 Å². The van der Waals surface area contributed by atoms with E-state index in [4.69, 9.17) is 16.3 Å². The molecule has 2 aliphatic heterocycles. The number of carbonyl (C=O) groups excluding carboxylic acids is 1. The molecule has 0 atom stereocenters. The zero-order valence-corrected chi connectivity index (χ0v) is 16.6. The molecule has 4 rings (SSSR count). The molecule has 1 aromatic carbocycles. The number of carbonyl (C=O) groups is 1. The number of allylic oxidation sites excluding steroid dienone is 3. The minimum atomic E-state index is -0.185. The lowest BCUT2D eigenvalue weighted by molar-refractivity contribution is -0.473. The van der Waals surface area contributed by atoms with Crippen molar-refractivity contribution in [3.63, 3.8) is 0 Å². The highest BCUT2D eigenvalue weighted by Crippen LogP contribution is 2.30. The fourth-order valence-electron chi connectivity index (χ4n) is 4.32. The Morgan fingerprint density at radius 3 is 2.78 bits per heavy atom. The Bertz CT molecular complexity index is 844. The standard InChI is InChI=1S/C22H26ClN2O2/c1-2-27-22(26)24-12-9-20(10-13-24)25-11-3-4-16-5-6-17-14-19(23)8-7-18(17)15-21(16)25/h3-4,7-8,14H,2,5-6,9-13,15H2,1H3/q+1. The Hall–Kier alpha value is -2.07. The van der Waals surface area contributed by atoms with Gasteiger partial charge in [-0.15, -0.1) is 0 Å². The third kappa shape index (κ3) is 3.81. The van der Waals surface area contributed by atoms with Gasteiger partial charge in [0.15, 0.2) is 18.0 Å². The van der Waals surface area contributed by atoms with Gasteiger partial charge in [0.2, 0.25) is 0 Å². The molecular formula is C22H26ClN2O2+. The van der Waals surface area contributed by atoms with Crippen molar-refractivity contribution in [1.82, 2.24) is 4.90 Å². The highest BCUT2D eigenvalue weighted by molar-refractivity contribution is 6.30. The van der Waals surface area contributed by atoms with Gasteiger partial charge >= 0.3 is 6.09 Å². The van der Waals surface area contributed by atoms with E-state index in [0.717, 1.165) is 56.8 Å². The quantitative estimate of drug-likeness (QED) is 0.673. The molecule has 1 aromatic rings. The fraction of sp³-hybridized carbons (Fsp3) is 0.455. The number of benzene rings is 1. The molecule has 0 aromatic heterocycles. The second-order valence-corrected chi connectivity index (χ2v) is 7.76. The summed E-state index contributed by atoms with van der Waals surface area (Å²) in [5.41, 5.74) is 7.05. The van der Waals surface area contributed by atoms with Crippen molar-refractivity contribution in [1.29, 1.82) is 0 Å². The first-order valence-corrected chi connectivity index (χ1v) is 10.2. The number of piperidine rings is 1. The maximum Gasteiger partial charge on any atom is 0.409 e. The molecule has 142 valence electrons. The number of fused-ring (bicyclic) bond motifs is 1. The summed E-state index contributed by atoms with van der Waals surface area (Å²) in [4.78, 5) is 13.8. The number of hydrogen-bond acceptors (Lipinski definition) is 2. The summed E-state index contributed by atoms with van der Waals surface area (Å²) in [5.74, 6) is 0. The number of likely N-dealkylation sites (tertiary alicyclic amines) is 1. The summed E-state index contributed by atoms with van der Waals surface area (Å²) >= 11 is 6.21. The van der Waals surface area contributed by atoms with Crippen molar-refractivity contribution in [3.8, 4) is 0 Å². The van der Waals surface area contributed by atoms with Crippen molar-refractivity contribution >= 4 is 23.4 Å². The molecule has 4 nitrogen and oxygen atoms in total. The lowest BCUT2D eigenvalue weighted by Gasteiger charge is -2.27. The Labute approximate surface area is 165 Å². The number of halogens is 1. The van der Waals surface area contributed by atoms with Gasteiger partial charge in [-0.3, -0.25) is 0 Å². The van der Waals surface area contributed by atoms with Gasteiger partial charge in [-0.1, -0.05) is 23.7 Å². The average molecular weight is 386 g/mol. The monoisotopic (exact) mass is 385 g/mol. The van der Waals surface area contributed by atoms with E-state index in [1.54, 1.807) is 0 Å². The molecule has 0 spiro atoms. The average Bonchev–Trinajstić information content (AvgIpc) is 2.87. The minimum absolute atomic E-state index is 0.185. The number of rotatable bonds is 1. The Morgan fingerprint density at radius 1 is 1.19 bits per heavy atom. The van der Waals surface area contributed by atoms with Crippen LogP contribution in [0.1, 0.15) is 37.3 Å². The molecule has 1 amide bonds. The molecule has 0 radical (unpaired) electrons. The largest absolute Gasteiger partial charge is 0.450 e. The fourth-order valence-corrected chi connectivity index (χ4v) is 4.51. The number of hydrogen-bond donors (Lipinski definition) is 0. The molecule has 0 unspecified atom stereocenters. The molecule has 5 heteroatoms. The predicted octanol–water partition coefficient (Wildman–Crippen LogP) is 4.36. The van der Waals surface area contributed by atoms with E-state index in [0.29, 0.717) is 6.61 Å². The van der Waals surface area contributed by atoms with Crippen LogP contribution in [0.3, 0.4) is 0 Å². The van der Waals surface area contributed by atoms with Crippen LogP contribution in [0.25, 0.3) is 0 Å². The van der Waals surface area contributed by atoms with Crippen LogP contribution in [0.15, 0.2) is 41.6 Å². The summed E-state index contributed by atoms with van der Waals surface area (Å²) in [6, 6.07) is 6.30. The van der Waals surface area contributed by atoms with Crippen LogP contribution in [0.4, 0.5) is 4.79 Å². The number of ether oxygens (including phenoxy) is 1. The van der Waals surface area contributed by atoms with Crippen LogP contribution < -0.4 is 0 Å². The van der Waals surface area contributed by atoms with Gasteiger partial charge in [-0.05, 0) is 49.1 Å². The zero-order valence-electron chi connectivity index (χ0n) is 15.8. The summed E-state index contributed by atoms with van der Waals surface area (Å²) < 4.78 is 7.65. The van der Waals surface area contributed by atoms with Crippen molar-refractivity contribution < 1.29 is 14.1 Å². The van der Waals surface area contributed by atoms with Crippen LogP contribution in [-0.2, 0) is 17.6 Å². The van der Waals surface area contributed by atoms with Gasteiger partial charge < -0.3 is 9.64 Å². The second-order valence-electron chi connectivity index (χ2n) is 7.33. The van der Waals surface area contributed by atoms with Gasteiger partial charge in [0.25, 0.3) is 0 Å². The first-order valence-electron chi connectivity index (χ1n) is 9.85. The van der Waals surface area contributed by atoms with Gasteiger partial charge in [0.05, 0.1) is 13.0 Å². The van der Waals surface area contributed by atoms with Crippen LogP contribution in [0, 0.1) is 0 Å². The first kappa shape index (κ1) is 18.3. The summed E-state index contributed by atoms with van der Waals surface area (Å²) in [6.07, 6.45) is 9.26. The zero-order chi connectivity index (χ0) is 18.8. The van der Waals surface area contributed by atoms with E-state index in [2.05, 4.69) is 28.9 Å². The normalized spacial score (nSPS) is 19.6. The van der Waals surface area contributed by atoms with Gasteiger partial charge in [-0.2, -0.15) is 4.58 Å². The highest BCUT2D eigenvalue weighted by atomic mass is 35.5. The van der Waals surface area contributed by atoms with E-state index < -0.39 is 0 Å². The van der Waals surface area contributed by atoms with Crippen molar-refractivity contribution in [2.24, 2.45) is 0 Å². The molecule has 1 fully saturated rings. The maximum absolute atomic E-state index is 12.0. The van der Waals surface area contributed by atoms with Crippen LogP contribution in [0.2, 0.25) is 5.02 Å². The number of aryl methyl sites for hydroxylation is 1. The Kier molecular flexibility index (Phi) is 5.35. The maximum atomic E-state index is 12.0. The van der Waals surface area contributed by atoms with Crippen molar-refractivity contribution in [2.75, 3.05) is 26.2 Å². The molecule has 0 saturated carbocycles. The van der Waals surface area contributed by atoms with Gasteiger partial charge in [-0.25, -0.2) is 4.79 Å². The Morgan fingerprint density at radius 2 is 2.00 bits per heavy atom. The van der Waals surface area contributed by atoms with E-state index in [-0.39, 0.29) is 6.09 Å². The van der Waals surface area contributed by atoms with Crippen molar-refractivity contribution in [3.05, 3.63) is 57.8 Å². The SMILES string of the molecule is CCOC(=O)N1CCC(=[N+]2CC=CC3=C2Cc2ccc(Cl)cc2CC3)CC1. The predicted molar refractivity (Wildman–Crippen MR) is 108 cm³/mol. The number of amides is 1. The summed E-state index contributed by atoms with van der Waals surface area (Å²) in [6.45, 7) is 4.69. The molecule has 27 heavy (non-hydrogen) atoms. The van der Waals surface area contributed by atoms with Crippen LogP contribution in [0.5, 0.6) is 0 Å². The van der Waals surface area contributed by atoms with E-state index >= 15 is 0 Å². The topological polar surface area (TPSA) is 32.5 Å². The van der Waals surface area contributed by atoms with Gasteiger partial charge in [0, 0.05) is 36.5 Å². The van der Waals surface area contributed by atoms with Crippen LogP contribution >= 0.6 is 11.6 Å². The lowest BCUT2D eigenvalue weighted by atomic mass is 10.0. The second kappa shape index (κ2) is 7.89. The Balaban J connectivity index is 1.58. The molecule has 2 heterocycles. The molecular weight excluding hydrogens is 360 g/mol. The lowest BCUT2D eigenvalue weighted by Crippen LogP contribution is -2.41. The number of nitrogens with zero attached hydrogens (tertiary/aromatic N) is 2. The molecule has 1 aliphatic carbocycles. The smallest absolute Gasteiger partial charge is 0.409 e. The molecule has 3 aliphatic rings. The molecule has 0 N–H and O–H groups in total. The van der Waals surface area contributed by atoms with Crippen LogP contribution in [-0.4, -0.2) is 47.5 Å². The molecule has 0 bridgehead atoms. The van der Waals surface area contributed by atoms with E-state index in [1.165, 1.54) is 28.1 Å². The minimum Gasteiger partial charge on any atom is -0.450 e. The third-order valence-electron chi connectivity index (χ3n) is 5.74.